The molecule has 0 aromatic heterocycles. The van der Waals surface area contributed by atoms with E-state index in [4.69, 9.17) is 14.4 Å². The van der Waals surface area contributed by atoms with Crippen molar-refractivity contribution in [3.63, 3.8) is 0 Å². The molecule has 0 bridgehead atoms. The third-order valence-corrected chi connectivity index (χ3v) is 2.99. The van der Waals surface area contributed by atoms with E-state index in [0.717, 1.165) is 12.1 Å². The molecule has 1 aromatic rings. The highest BCUT2D eigenvalue weighted by atomic mass is 28.4. The number of aryl methyl sites for hydroxylation is 1. The van der Waals surface area contributed by atoms with E-state index in [1.54, 1.807) is 0 Å². The summed E-state index contributed by atoms with van der Waals surface area (Å²) in [6, 6.07) is 3.40. The van der Waals surface area contributed by atoms with Crippen molar-refractivity contribution < 1.29 is 23.2 Å². The largest absolute Gasteiger partial charge is 0.492 e. The predicted molar refractivity (Wildman–Crippen MR) is 51.9 cm³/mol. The molecule has 1 rings (SSSR count). The monoisotopic (exact) mass is 234 g/mol. The van der Waals surface area contributed by atoms with Crippen LogP contribution < -0.4 is 0 Å². The third-order valence-electron chi connectivity index (χ3n) is 1.96. The number of halogens is 2. The van der Waals surface area contributed by atoms with E-state index in [1.807, 2.05) is 0 Å². The minimum absolute atomic E-state index is 0.105. The molecule has 0 aliphatic rings. The lowest BCUT2D eigenvalue weighted by atomic mass is 10.1. The molecule has 0 fully saturated rings. The van der Waals surface area contributed by atoms with Crippen LogP contribution in [0.5, 0.6) is 0 Å². The van der Waals surface area contributed by atoms with Crippen molar-refractivity contribution in [3.8, 4) is 0 Å². The molecule has 6 heteroatoms. The third kappa shape index (κ3) is 4.48. The second kappa shape index (κ2) is 4.80. The molecule has 15 heavy (non-hydrogen) atoms. The van der Waals surface area contributed by atoms with Crippen LogP contribution in [-0.4, -0.2) is 23.2 Å². The van der Waals surface area contributed by atoms with Crippen LogP contribution in [0.25, 0.3) is 0 Å². The van der Waals surface area contributed by atoms with Gasteiger partial charge in [0.25, 0.3) is 0 Å². The smallest absolute Gasteiger partial charge is 0.390 e. The predicted octanol–water partition coefficient (Wildman–Crippen LogP) is 0.813. The van der Waals surface area contributed by atoms with Crippen molar-refractivity contribution in [2.45, 2.75) is 18.9 Å². The Kier molecular flexibility index (Phi) is 3.92. The zero-order chi connectivity index (χ0) is 11.5. The van der Waals surface area contributed by atoms with E-state index < -0.39 is 20.4 Å². The van der Waals surface area contributed by atoms with Gasteiger partial charge in [0.05, 0.1) is 0 Å². The molecule has 84 valence electrons. The second-order valence-corrected chi connectivity index (χ2v) is 5.43. The summed E-state index contributed by atoms with van der Waals surface area (Å²) in [5.74, 6) is -1.83. The van der Waals surface area contributed by atoms with Crippen LogP contribution in [0.2, 0.25) is 6.04 Å². The maximum atomic E-state index is 12.7. The average molecular weight is 234 g/mol. The van der Waals surface area contributed by atoms with Crippen molar-refractivity contribution in [3.05, 3.63) is 35.4 Å². The molecule has 0 aliphatic heterocycles. The van der Waals surface area contributed by atoms with E-state index in [1.165, 1.54) is 6.07 Å². The molecule has 3 nitrogen and oxygen atoms in total. The minimum Gasteiger partial charge on any atom is -0.390 e. The zero-order valence-electron chi connectivity index (χ0n) is 7.95. The summed E-state index contributed by atoms with van der Waals surface area (Å²) in [6.45, 7) is 0. The molecule has 0 radical (unpaired) electrons. The zero-order valence-corrected chi connectivity index (χ0v) is 8.95. The fourth-order valence-corrected chi connectivity index (χ4v) is 1.88. The van der Waals surface area contributed by atoms with Crippen molar-refractivity contribution >= 4 is 8.80 Å². The van der Waals surface area contributed by atoms with Crippen LogP contribution >= 0.6 is 0 Å². The lowest BCUT2D eigenvalue weighted by molar-refractivity contribution is 0.226. The molecule has 0 heterocycles. The number of hydrogen-bond acceptors (Lipinski definition) is 3. The quantitative estimate of drug-likeness (QED) is 0.676. The molecule has 0 amide bonds. The fraction of sp³-hybridized carbons (Fsp3) is 0.333. The molecule has 3 N–H and O–H groups in total. The van der Waals surface area contributed by atoms with Gasteiger partial charge in [0, 0.05) is 6.04 Å². The number of rotatable bonds is 4. The Morgan fingerprint density at radius 2 is 1.73 bits per heavy atom. The van der Waals surface area contributed by atoms with Crippen LogP contribution in [0, 0.1) is 11.6 Å². The summed E-state index contributed by atoms with van der Waals surface area (Å²) < 4.78 is 25.2. The fourth-order valence-electron chi connectivity index (χ4n) is 1.22. The summed E-state index contributed by atoms with van der Waals surface area (Å²) in [6.07, 6.45) is 0.689. The Bertz CT molecular complexity index is 339. The first-order valence-corrected chi connectivity index (χ1v) is 6.54. The number of hydrogen-bond donors (Lipinski definition) is 3. The lowest BCUT2D eigenvalue weighted by Crippen LogP contribution is -2.34. The van der Waals surface area contributed by atoms with Crippen LogP contribution in [0.15, 0.2) is 18.2 Å². The highest BCUT2D eigenvalue weighted by molar-refractivity contribution is 6.56. The van der Waals surface area contributed by atoms with E-state index >= 15 is 0 Å². The molecule has 1 aromatic carbocycles. The van der Waals surface area contributed by atoms with Gasteiger partial charge in [-0.2, -0.15) is 0 Å². The SMILES string of the molecule is O[Si](O)(O)CCCc1ccc(F)c(F)c1. The highest BCUT2D eigenvalue weighted by Crippen LogP contribution is 2.12. The first-order chi connectivity index (χ1) is 6.88. The maximum Gasteiger partial charge on any atom is 0.492 e. The van der Waals surface area contributed by atoms with Crippen LogP contribution in [0.1, 0.15) is 12.0 Å². The van der Waals surface area contributed by atoms with Gasteiger partial charge >= 0.3 is 8.80 Å². The summed E-state index contributed by atoms with van der Waals surface area (Å²) in [7, 11) is -4.00. The summed E-state index contributed by atoms with van der Waals surface area (Å²) in [4.78, 5) is 26.1. The van der Waals surface area contributed by atoms with Gasteiger partial charge in [0.1, 0.15) is 0 Å². The summed E-state index contributed by atoms with van der Waals surface area (Å²) in [5.41, 5.74) is 0.562. The first kappa shape index (κ1) is 12.2. The van der Waals surface area contributed by atoms with Crippen molar-refractivity contribution in [2.75, 3.05) is 0 Å². The summed E-state index contributed by atoms with van der Waals surface area (Å²) in [5, 5.41) is 0. The minimum atomic E-state index is -4.00. The maximum absolute atomic E-state index is 12.7. The number of benzene rings is 1. The first-order valence-electron chi connectivity index (χ1n) is 4.49. The van der Waals surface area contributed by atoms with Crippen molar-refractivity contribution in [2.24, 2.45) is 0 Å². The Morgan fingerprint density at radius 3 is 2.27 bits per heavy atom. The van der Waals surface area contributed by atoms with Crippen molar-refractivity contribution in [1.29, 1.82) is 0 Å². The van der Waals surface area contributed by atoms with Gasteiger partial charge in [-0.1, -0.05) is 6.07 Å². The van der Waals surface area contributed by atoms with Gasteiger partial charge in [0.2, 0.25) is 0 Å². The van der Waals surface area contributed by atoms with Gasteiger partial charge in [-0.25, -0.2) is 8.78 Å². The van der Waals surface area contributed by atoms with Gasteiger partial charge in [-0.05, 0) is 30.5 Å². The Balaban J connectivity index is 2.48. The molecule has 0 aliphatic carbocycles. The molecule has 0 spiro atoms. The standard InChI is InChI=1S/C9H12F2O3Si/c10-8-4-3-7(6-9(8)11)2-1-5-15(12,13)14/h3-4,6,12-14H,1-2,5H2. The molecule has 0 saturated carbocycles. The van der Waals surface area contributed by atoms with E-state index in [9.17, 15) is 8.78 Å². The van der Waals surface area contributed by atoms with Gasteiger partial charge in [-0.3, -0.25) is 0 Å². The molecular weight excluding hydrogens is 222 g/mol. The van der Waals surface area contributed by atoms with Gasteiger partial charge in [0.15, 0.2) is 11.6 Å². The summed E-state index contributed by atoms with van der Waals surface area (Å²) >= 11 is 0. The molecular formula is C9H12F2O3Si. The Labute approximate surface area is 87.0 Å². The average Bonchev–Trinajstić information content (AvgIpc) is 2.09. The van der Waals surface area contributed by atoms with E-state index in [0.29, 0.717) is 18.4 Å². The van der Waals surface area contributed by atoms with Gasteiger partial charge < -0.3 is 14.4 Å². The highest BCUT2D eigenvalue weighted by Gasteiger charge is 2.25. The Hall–Kier alpha value is -0.823. The van der Waals surface area contributed by atoms with E-state index in [-0.39, 0.29) is 6.04 Å². The van der Waals surface area contributed by atoms with E-state index in [2.05, 4.69) is 0 Å². The van der Waals surface area contributed by atoms with Gasteiger partial charge in [-0.15, -0.1) is 0 Å². The molecule has 0 atom stereocenters. The van der Waals surface area contributed by atoms with Crippen LogP contribution in [-0.2, 0) is 6.42 Å². The van der Waals surface area contributed by atoms with Crippen LogP contribution in [0.3, 0.4) is 0 Å². The molecule has 0 unspecified atom stereocenters. The van der Waals surface area contributed by atoms with Crippen molar-refractivity contribution in [1.82, 2.24) is 0 Å². The topological polar surface area (TPSA) is 60.7 Å². The Morgan fingerprint density at radius 1 is 1.07 bits per heavy atom. The molecule has 0 saturated heterocycles. The normalized spacial score (nSPS) is 11.8. The second-order valence-electron chi connectivity index (χ2n) is 3.38. The lowest BCUT2D eigenvalue weighted by Gasteiger charge is -2.08. The van der Waals surface area contributed by atoms with Crippen LogP contribution in [0.4, 0.5) is 8.78 Å².